The minimum atomic E-state index is -0.462. The molecule has 4 heteroatoms. The van der Waals surface area contributed by atoms with E-state index in [-0.39, 0.29) is 0 Å². The van der Waals surface area contributed by atoms with Crippen molar-refractivity contribution in [2.24, 2.45) is 0 Å². The molecule has 0 saturated carbocycles. The van der Waals surface area contributed by atoms with Crippen molar-refractivity contribution in [1.82, 2.24) is 0 Å². The number of hydrogen-bond acceptors (Lipinski definition) is 0. The molecule has 5 aromatic carbocycles. The summed E-state index contributed by atoms with van der Waals surface area (Å²) in [6.45, 7) is 0. The van der Waals surface area contributed by atoms with Crippen LogP contribution in [0.2, 0.25) is 0 Å². The second-order valence-electron chi connectivity index (χ2n) is 8.26. The van der Waals surface area contributed by atoms with Gasteiger partial charge in [-0.2, -0.15) is 35.4 Å². The van der Waals surface area contributed by atoms with Crippen LogP contribution in [-0.2, 0) is 31.1 Å². The molecule has 0 aliphatic carbocycles. The van der Waals surface area contributed by atoms with E-state index < -0.39 is 15.8 Å². The molecule has 0 nitrogen and oxygen atoms in total. The van der Waals surface area contributed by atoms with Crippen LogP contribution in [0, 0.1) is 6.07 Å². The molecule has 0 aliphatic heterocycles. The summed E-state index contributed by atoms with van der Waals surface area (Å²) >= 11 is 1.61. The Morgan fingerprint density at radius 3 is 1.03 bits per heavy atom. The van der Waals surface area contributed by atoms with Crippen molar-refractivity contribution in [2.75, 3.05) is 0 Å². The molecular formula is C32H27ClP2Pt. The Morgan fingerprint density at radius 1 is 0.472 bits per heavy atom. The summed E-state index contributed by atoms with van der Waals surface area (Å²) in [4.78, 5) is 0. The second-order valence-corrected chi connectivity index (χ2v) is 12.7. The molecule has 36 heavy (non-hydrogen) atoms. The van der Waals surface area contributed by atoms with E-state index >= 15 is 0 Å². The summed E-state index contributed by atoms with van der Waals surface area (Å²) < 4.78 is 0. The Hall–Kier alpha value is -2.06. The van der Waals surface area contributed by atoms with Gasteiger partial charge in [-0.1, -0.05) is 137 Å². The molecule has 182 valence electrons. The van der Waals surface area contributed by atoms with Crippen LogP contribution in [-0.4, -0.2) is 0 Å². The first-order chi connectivity index (χ1) is 17.9. The maximum absolute atomic E-state index is 4.61. The van der Waals surface area contributed by atoms with Gasteiger partial charge in [-0.25, -0.2) is 0 Å². The summed E-state index contributed by atoms with van der Waals surface area (Å²) in [5, 5.41) is 5.68. The van der Waals surface area contributed by atoms with Crippen LogP contribution in [0.5, 0.6) is 0 Å². The molecule has 0 heterocycles. The van der Waals surface area contributed by atoms with E-state index in [9.17, 15) is 0 Å². The van der Waals surface area contributed by atoms with Gasteiger partial charge >= 0.3 is 28.2 Å². The van der Waals surface area contributed by atoms with E-state index in [4.69, 9.17) is 0 Å². The zero-order valence-electron chi connectivity index (χ0n) is 19.8. The molecule has 0 unspecified atom stereocenters. The van der Waals surface area contributed by atoms with Gasteiger partial charge in [-0.05, 0) is 33.5 Å². The van der Waals surface area contributed by atoms with Gasteiger partial charge in [-0.3, -0.25) is 0 Å². The minimum absolute atomic E-state index is 0.462. The van der Waals surface area contributed by atoms with E-state index in [1.165, 1.54) is 32.3 Å². The SMILES string of the molecule is [Cl][Pt+].[c-]1cc(CP(c2ccccc2)c2ccccc2)cc(CP(c2ccccc2)c2ccccc2)c1. The zero-order chi connectivity index (χ0) is 25.0. The van der Waals surface area contributed by atoms with Crippen molar-refractivity contribution < 1.29 is 18.8 Å². The summed E-state index contributed by atoms with van der Waals surface area (Å²) in [5.41, 5.74) is 2.74. The predicted octanol–water partition coefficient (Wildman–Crippen LogP) is 7.44. The van der Waals surface area contributed by atoms with Crippen LogP contribution in [0.25, 0.3) is 0 Å². The number of halogens is 1. The van der Waals surface area contributed by atoms with Crippen LogP contribution < -0.4 is 21.2 Å². The third-order valence-electron chi connectivity index (χ3n) is 5.86. The molecule has 0 amide bonds. The molecule has 0 saturated heterocycles. The summed E-state index contributed by atoms with van der Waals surface area (Å²) in [6.07, 6.45) is 2.06. The normalized spacial score (nSPS) is 10.7. The molecule has 5 aromatic rings. The van der Waals surface area contributed by atoms with Gasteiger partial charge in [0.1, 0.15) is 0 Å². The summed E-state index contributed by atoms with van der Waals surface area (Å²) in [5.74, 6) is 0. The average molecular weight is 704 g/mol. The minimum Gasteiger partial charge on any atom is -0.183 e. The van der Waals surface area contributed by atoms with Crippen LogP contribution in [0.1, 0.15) is 11.1 Å². The molecule has 0 aromatic heterocycles. The predicted molar refractivity (Wildman–Crippen MR) is 157 cm³/mol. The van der Waals surface area contributed by atoms with Crippen LogP contribution in [0.4, 0.5) is 0 Å². The number of benzene rings is 5. The Morgan fingerprint density at radius 2 is 0.750 bits per heavy atom. The van der Waals surface area contributed by atoms with Gasteiger partial charge < -0.3 is 0 Å². The summed E-state index contributed by atoms with van der Waals surface area (Å²) in [7, 11) is 3.69. The third-order valence-corrected chi connectivity index (χ3v) is 10.9. The molecular weight excluding hydrogens is 677 g/mol. The number of rotatable bonds is 8. The second kappa shape index (κ2) is 14.6. The fraction of sp³-hybridized carbons (Fsp3) is 0.0625. The first kappa shape index (κ1) is 27.0. The van der Waals surface area contributed by atoms with Gasteiger partial charge in [0.15, 0.2) is 0 Å². The van der Waals surface area contributed by atoms with E-state index in [1.807, 2.05) is 0 Å². The van der Waals surface area contributed by atoms with Crippen LogP contribution in [0.3, 0.4) is 0 Å². The number of hydrogen-bond donors (Lipinski definition) is 0. The van der Waals surface area contributed by atoms with E-state index in [1.54, 1.807) is 18.8 Å². The van der Waals surface area contributed by atoms with E-state index in [0.717, 1.165) is 12.3 Å². The molecule has 0 aliphatic rings. The van der Waals surface area contributed by atoms with Crippen molar-refractivity contribution in [3.63, 3.8) is 0 Å². The standard InChI is InChI=1S/C32H27P2.ClH.Pt/c1-5-16-29(17-6-1)33(30-18-7-2-8-19-30)25-27-14-13-15-28(24-27)26-34(31-20-9-3-10-21-31)32-22-11-4-12-23-32;;/h1-12,14-24H,25-26H2;1H;/q-1;;+2/p-1. The monoisotopic (exact) mass is 703 g/mol. The molecule has 0 radical (unpaired) electrons. The molecule has 5 rings (SSSR count). The molecule has 0 fully saturated rings. The summed E-state index contributed by atoms with van der Waals surface area (Å²) in [6, 6.07) is 54.1. The maximum Gasteiger partial charge on any atom is -0.0202 e. The average Bonchev–Trinajstić information content (AvgIpc) is 2.98. The van der Waals surface area contributed by atoms with E-state index in [2.05, 4.69) is 155 Å². The first-order valence-electron chi connectivity index (χ1n) is 11.7. The fourth-order valence-corrected chi connectivity index (χ4v) is 8.77. The van der Waals surface area contributed by atoms with Gasteiger partial charge in [-0.15, -0.1) is 0 Å². The maximum atomic E-state index is 4.61. The third kappa shape index (κ3) is 7.48. The van der Waals surface area contributed by atoms with Gasteiger partial charge in [0.2, 0.25) is 0 Å². The Balaban J connectivity index is 0.00000148. The van der Waals surface area contributed by atoms with Gasteiger partial charge in [0, 0.05) is 0 Å². The Bertz CT molecular complexity index is 1120. The molecule has 0 spiro atoms. The fourth-order valence-electron chi connectivity index (χ4n) is 4.22. The van der Waals surface area contributed by atoms with Crippen LogP contribution >= 0.6 is 25.3 Å². The topological polar surface area (TPSA) is 0 Å². The zero-order valence-corrected chi connectivity index (χ0v) is 24.6. The van der Waals surface area contributed by atoms with Crippen molar-refractivity contribution in [2.45, 2.75) is 12.3 Å². The van der Waals surface area contributed by atoms with Crippen molar-refractivity contribution >= 4 is 46.5 Å². The van der Waals surface area contributed by atoms with Gasteiger partial charge in [0.25, 0.3) is 0 Å². The quantitative estimate of drug-likeness (QED) is 0.117. The smallest absolute Gasteiger partial charge is 0.0202 e. The molecule has 0 atom stereocenters. The molecule has 0 bridgehead atoms. The Kier molecular flexibility index (Phi) is 11.0. The Labute approximate surface area is 233 Å². The first-order valence-corrected chi connectivity index (χ1v) is 17.6. The van der Waals surface area contributed by atoms with Crippen LogP contribution in [0.15, 0.2) is 140 Å². The van der Waals surface area contributed by atoms with E-state index in [0.29, 0.717) is 0 Å². The van der Waals surface area contributed by atoms with Crippen molar-refractivity contribution in [3.8, 4) is 0 Å². The van der Waals surface area contributed by atoms with Crippen molar-refractivity contribution in [1.29, 1.82) is 0 Å². The van der Waals surface area contributed by atoms with Gasteiger partial charge in [0.05, 0.1) is 0 Å². The largest absolute Gasteiger partial charge is 0.183 e. The van der Waals surface area contributed by atoms with Crippen molar-refractivity contribution in [3.05, 3.63) is 157 Å². The molecule has 0 N–H and O–H groups in total.